The summed E-state index contributed by atoms with van der Waals surface area (Å²) in [7, 11) is 1.85. The van der Waals surface area contributed by atoms with Crippen molar-refractivity contribution in [1.82, 2.24) is 15.5 Å². The van der Waals surface area contributed by atoms with Crippen LogP contribution in [0.2, 0.25) is 0 Å². The normalized spacial score (nSPS) is 12.2. The lowest BCUT2D eigenvalue weighted by Gasteiger charge is -2.26. The molecule has 0 aliphatic rings. The predicted octanol–water partition coefficient (Wildman–Crippen LogP) is 3.91. The maximum atomic E-state index is 12.9. The minimum absolute atomic E-state index is 0.000384. The van der Waals surface area contributed by atoms with E-state index in [0.29, 0.717) is 6.54 Å². The lowest BCUT2D eigenvalue weighted by molar-refractivity contribution is -0.135. The molecule has 1 rings (SSSR count). The first-order valence-corrected chi connectivity index (χ1v) is 10.7. The predicted molar refractivity (Wildman–Crippen MR) is 126 cm³/mol. The first kappa shape index (κ1) is 25.4. The van der Waals surface area contributed by atoms with Crippen LogP contribution in [0.3, 0.4) is 0 Å². The fraction of sp³-hybridized carbons (Fsp3) is 0.500. The molecule has 0 saturated heterocycles. The quantitative estimate of drug-likeness (QED) is 0.428. The minimum Gasteiger partial charge on any atom is -0.388 e. The number of carbonyl (C=O) groups excluding carboxylic acids is 2. The average molecular weight is 415 g/mol. The van der Waals surface area contributed by atoms with Crippen molar-refractivity contribution in [3.63, 3.8) is 0 Å². The molecule has 0 radical (unpaired) electrons. The van der Waals surface area contributed by atoms with Gasteiger partial charge in [0.05, 0.1) is 6.04 Å². The average Bonchev–Trinajstić information content (AvgIpc) is 2.77. The molecule has 0 aliphatic carbocycles. The van der Waals surface area contributed by atoms with Gasteiger partial charge >= 0.3 is 0 Å². The highest BCUT2D eigenvalue weighted by Gasteiger charge is 2.23. The maximum Gasteiger partial charge on any atom is 0.244 e. The zero-order valence-corrected chi connectivity index (χ0v) is 19.2. The largest absolute Gasteiger partial charge is 0.388 e. The molecular formula is C24H38N4O2. The second kappa shape index (κ2) is 13.6. The zero-order chi connectivity index (χ0) is 22.5. The summed E-state index contributed by atoms with van der Waals surface area (Å²) < 4.78 is 0. The first-order chi connectivity index (χ1) is 14.4. The van der Waals surface area contributed by atoms with Gasteiger partial charge in [-0.3, -0.25) is 9.59 Å². The third kappa shape index (κ3) is 8.03. The number of carbonyl (C=O) groups is 2. The van der Waals surface area contributed by atoms with E-state index in [-0.39, 0.29) is 24.4 Å². The van der Waals surface area contributed by atoms with Gasteiger partial charge in [-0.1, -0.05) is 50.6 Å². The van der Waals surface area contributed by atoms with Gasteiger partial charge < -0.3 is 20.9 Å². The lowest BCUT2D eigenvalue weighted by Crippen LogP contribution is -2.47. The number of nitrogens with one attached hydrogen (secondary N) is 3. The molecule has 0 heterocycles. The number of hydrogen-bond acceptors (Lipinski definition) is 4. The molecule has 1 aromatic carbocycles. The van der Waals surface area contributed by atoms with Crippen LogP contribution in [0.1, 0.15) is 58.1 Å². The third-order valence-electron chi connectivity index (χ3n) is 5.11. The van der Waals surface area contributed by atoms with Crippen molar-refractivity contribution in [2.24, 2.45) is 0 Å². The molecule has 6 heteroatoms. The van der Waals surface area contributed by atoms with Gasteiger partial charge in [0, 0.05) is 25.0 Å². The van der Waals surface area contributed by atoms with Gasteiger partial charge in [-0.05, 0) is 50.9 Å². The maximum absolute atomic E-state index is 12.9. The Kier molecular flexibility index (Phi) is 11.5. The highest BCUT2D eigenvalue weighted by Crippen LogP contribution is 2.18. The monoisotopic (exact) mass is 414 g/mol. The van der Waals surface area contributed by atoms with Gasteiger partial charge in [0.2, 0.25) is 11.8 Å². The molecule has 0 spiro atoms. The Balaban J connectivity index is 2.71. The number of rotatable bonds is 13. The zero-order valence-electron chi connectivity index (χ0n) is 19.2. The molecule has 0 aliphatic heterocycles. The lowest BCUT2D eigenvalue weighted by atomic mass is 10.1. The van der Waals surface area contributed by atoms with Crippen LogP contribution in [-0.4, -0.2) is 42.9 Å². The Morgan fingerprint density at radius 3 is 2.60 bits per heavy atom. The molecule has 0 bridgehead atoms. The van der Waals surface area contributed by atoms with Crippen molar-refractivity contribution in [1.29, 1.82) is 0 Å². The van der Waals surface area contributed by atoms with Crippen molar-refractivity contribution < 1.29 is 9.59 Å². The molecule has 1 atom stereocenters. The molecule has 3 N–H and O–H groups in total. The number of allylic oxidation sites excluding steroid dienone is 2. The summed E-state index contributed by atoms with van der Waals surface area (Å²) in [5.41, 5.74) is 3.71. The standard InChI is InChI=1S/C24H38N4O2/c1-7-10-11-14-26-19(5)24(30)28(18(4)8-2)17-23(29)27-16-20-12-13-21(9-3)22(15-20)25-6/h8-9,12-13,15,19,25-26H,3,7,10-11,14,16-17H2,1-2,4-6H3,(H,27,29)/b18-8-. The molecule has 6 nitrogen and oxygen atoms in total. The number of nitrogens with zero attached hydrogens (tertiary/aromatic N) is 1. The molecule has 166 valence electrons. The second-order valence-corrected chi connectivity index (χ2v) is 7.39. The number of benzene rings is 1. The Morgan fingerprint density at radius 1 is 1.27 bits per heavy atom. The van der Waals surface area contributed by atoms with Crippen molar-refractivity contribution >= 4 is 23.6 Å². The third-order valence-corrected chi connectivity index (χ3v) is 5.11. The first-order valence-electron chi connectivity index (χ1n) is 10.7. The van der Waals surface area contributed by atoms with Gasteiger partial charge in [-0.2, -0.15) is 0 Å². The summed E-state index contributed by atoms with van der Waals surface area (Å²) in [6.07, 6.45) is 6.95. The van der Waals surface area contributed by atoms with E-state index < -0.39 is 0 Å². The van der Waals surface area contributed by atoms with Crippen LogP contribution in [0.25, 0.3) is 6.08 Å². The van der Waals surface area contributed by atoms with E-state index in [1.807, 2.05) is 52.1 Å². The second-order valence-electron chi connectivity index (χ2n) is 7.39. The van der Waals surface area contributed by atoms with Gasteiger partial charge in [0.1, 0.15) is 6.54 Å². The summed E-state index contributed by atoms with van der Waals surface area (Å²) in [6, 6.07) is 5.57. The smallest absolute Gasteiger partial charge is 0.244 e. The van der Waals surface area contributed by atoms with E-state index in [0.717, 1.165) is 48.3 Å². The molecule has 2 amide bonds. The van der Waals surface area contributed by atoms with E-state index in [4.69, 9.17) is 0 Å². The van der Waals surface area contributed by atoms with Crippen LogP contribution < -0.4 is 16.0 Å². The SMILES string of the molecule is C=Cc1ccc(CNC(=O)CN(C(=O)C(C)NCCCCC)/C(C)=C\C)cc1NC. The van der Waals surface area contributed by atoms with Crippen molar-refractivity contribution in [2.75, 3.05) is 25.5 Å². The van der Waals surface area contributed by atoms with Crippen LogP contribution in [0.4, 0.5) is 5.69 Å². The van der Waals surface area contributed by atoms with Crippen molar-refractivity contribution in [3.05, 3.63) is 47.7 Å². The highest BCUT2D eigenvalue weighted by atomic mass is 16.2. The number of anilines is 1. The fourth-order valence-electron chi connectivity index (χ4n) is 3.05. The van der Waals surface area contributed by atoms with Gasteiger partial charge in [0.25, 0.3) is 0 Å². The van der Waals surface area contributed by atoms with Crippen LogP contribution in [0.5, 0.6) is 0 Å². The highest BCUT2D eigenvalue weighted by molar-refractivity contribution is 5.88. The summed E-state index contributed by atoms with van der Waals surface area (Å²) in [5.74, 6) is -0.286. The number of unbranched alkanes of at least 4 members (excludes halogenated alkanes) is 2. The Hall–Kier alpha value is -2.60. The van der Waals surface area contributed by atoms with E-state index in [1.165, 1.54) is 0 Å². The Bertz CT molecular complexity index is 743. The molecule has 0 aromatic heterocycles. The summed E-state index contributed by atoms with van der Waals surface area (Å²) in [5, 5.41) is 9.31. The number of hydrogen-bond donors (Lipinski definition) is 3. The van der Waals surface area contributed by atoms with Crippen LogP contribution >= 0.6 is 0 Å². The molecular weight excluding hydrogens is 376 g/mol. The molecule has 1 aromatic rings. The molecule has 0 fully saturated rings. The summed E-state index contributed by atoms with van der Waals surface area (Å²) in [4.78, 5) is 27.0. The minimum atomic E-state index is -0.339. The van der Waals surface area contributed by atoms with Crippen LogP contribution in [0.15, 0.2) is 36.6 Å². The van der Waals surface area contributed by atoms with E-state index >= 15 is 0 Å². The summed E-state index contributed by atoms with van der Waals surface area (Å²) >= 11 is 0. The Labute approximate surface area is 181 Å². The van der Waals surface area contributed by atoms with Crippen LogP contribution in [0, 0.1) is 0 Å². The van der Waals surface area contributed by atoms with Gasteiger partial charge in [-0.15, -0.1) is 0 Å². The van der Waals surface area contributed by atoms with Crippen LogP contribution in [-0.2, 0) is 16.1 Å². The molecule has 30 heavy (non-hydrogen) atoms. The fourth-order valence-corrected chi connectivity index (χ4v) is 3.05. The van der Waals surface area contributed by atoms with Crippen molar-refractivity contribution in [2.45, 2.75) is 59.5 Å². The topological polar surface area (TPSA) is 73.5 Å². The van der Waals surface area contributed by atoms with Gasteiger partial charge in [0.15, 0.2) is 0 Å². The number of amides is 2. The van der Waals surface area contributed by atoms with Gasteiger partial charge in [-0.25, -0.2) is 0 Å². The van der Waals surface area contributed by atoms with E-state index in [9.17, 15) is 9.59 Å². The summed E-state index contributed by atoms with van der Waals surface area (Å²) in [6.45, 7) is 12.7. The van der Waals surface area contributed by atoms with Crippen molar-refractivity contribution in [3.8, 4) is 0 Å². The molecule has 1 unspecified atom stereocenters. The van der Waals surface area contributed by atoms with E-state index in [1.54, 1.807) is 11.0 Å². The van der Waals surface area contributed by atoms with E-state index in [2.05, 4.69) is 29.5 Å². The molecule has 0 saturated carbocycles. The Morgan fingerprint density at radius 2 is 2.00 bits per heavy atom.